The van der Waals surface area contributed by atoms with E-state index in [4.69, 9.17) is 4.74 Å². The summed E-state index contributed by atoms with van der Waals surface area (Å²) in [6.45, 7) is 1.17. The van der Waals surface area contributed by atoms with Gasteiger partial charge in [0, 0.05) is 32.6 Å². The minimum Gasteiger partial charge on any atom is -0.384 e. The first-order valence-electron chi connectivity index (χ1n) is 7.42. The van der Waals surface area contributed by atoms with Crippen LogP contribution in [0.4, 0.5) is 0 Å². The van der Waals surface area contributed by atoms with Crippen molar-refractivity contribution in [2.75, 3.05) is 13.7 Å². The first-order chi connectivity index (χ1) is 9.66. The zero-order valence-electron chi connectivity index (χ0n) is 12.3. The van der Waals surface area contributed by atoms with E-state index in [0.717, 1.165) is 37.9 Å². The summed E-state index contributed by atoms with van der Waals surface area (Å²) in [4.78, 5) is 19.4. The molecule has 2 aliphatic rings. The van der Waals surface area contributed by atoms with E-state index in [2.05, 4.69) is 4.98 Å². The zero-order chi connectivity index (χ0) is 14.2. The lowest BCUT2D eigenvalue weighted by atomic mass is 9.68. The van der Waals surface area contributed by atoms with Crippen LogP contribution in [-0.4, -0.2) is 40.1 Å². The monoisotopic (exact) mass is 277 g/mol. The van der Waals surface area contributed by atoms with Crippen LogP contribution in [0.25, 0.3) is 0 Å². The molecule has 0 saturated heterocycles. The summed E-state index contributed by atoms with van der Waals surface area (Å²) in [6, 6.07) is 0.411. The van der Waals surface area contributed by atoms with E-state index in [1.165, 1.54) is 0 Å². The summed E-state index contributed by atoms with van der Waals surface area (Å²) in [5, 5.41) is 0. The molecule has 2 aliphatic carbocycles. The van der Waals surface area contributed by atoms with Gasteiger partial charge in [0.25, 0.3) is 0 Å². The third kappa shape index (κ3) is 2.35. The second kappa shape index (κ2) is 5.20. The summed E-state index contributed by atoms with van der Waals surface area (Å²) in [6.07, 6.45) is 9.03. The molecule has 0 radical (unpaired) electrons. The number of hydrogen-bond donors (Lipinski definition) is 0. The minimum absolute atomic E-state index is 0.261. The standard InChI is InChI=1S/C15H23N3O2/c1-17-9-8-16-13(17)10-18(12-4-5-12)14(19)15(11-20-2)6-3-7-15/h8-9,12H,3-7,10-11H2,1-2H3. The number of imidazole rings is 1. The van der Waals surface area contributed by atoms with Crippen LogP contribution in [0, 0.1) is 5.41 Å². The van der Waals surface area contributed by atoms with E-state index < -0.39 is 0 Å². The van der Waals surface area contributed by atoms with Crippen molar-refractivity contribution in [3.05, 3.63) is 18.2 Å². The molecule has 2 fully saturated rings. The Balaban J connectivity index is 1.76. The lowest BCUT2D eigenvalue weighted by Crippen LogP contribution is -2.51. The van der Waals surface area contributed by atoms with E-state index in [0.29, 0.717) is 19.2 Å². The van der Waals surface area contributed by atoms with Crippen molar-refractivity contribution in [2.24, 2.45) is 12.5 Å². The molecule has 0 N–H and O–H groups in total. The molecule has 1 heterocycles. The molecule has 0 atom stereocenters. The van der Waals surface area contributed by atoms with Crippen molar-refractivity contribution in [1.29, 1.82) is 0 Å². The number of carbonyl (C=O) groups is 1. The maximum absolute atomic E-state index is 13.0. The van der Waals surface area contributed by atoms with Crippen molar-refractivity contribution in [2.45, 2.75) is 44.7 Å². The van der Waals surface area contributed by atoms with Gasteiger partial charge in [0.15, 0.2) is 0 Å². The van der Waals surface area contributed by atoms with Gasteiger partial charge >= 0.3 is 0 Å². The fourth-order valence-corrected chi connectivity index (χ4v) is 3.06. The molecule has 2 saturated carbocycles. The molecule has 0 spiro atoms. The highest BCUT2D eigenvalue weighted by Gasteiger charge is 2.49. The lowest BCUT2D eigenvalue weighted by molar-refractivity contribution is -0.153. The van der Waals surface area contributed by atoms with Crippen LogP contribution in [0.15, 0.2) is 12.4 Å². The summed E-state index contributed by atoms with van der Waals surface area (Å²) in [7, 11) is 3.67. The third-order valence-corrected chi connectivity index (χ3v) is 4.67. The minimum atomic E-state index is -0.261. The van der Waals surface area contributed by atoms with Crippen LogP contribution in [0.5, 0.6) is 0 Å². The van der Waals surface area contributed by atoms with Crippen LogP contribution in [-0.2, 0) is 23.1 Å². The maximum Gasteiger partial charge on any atom is 0.231 e. The Morgan fingerprint density at radius 1 is 1.55 bits per heavy atom. The van der Waals surface area contributed by atoms with Gasteiger partial charge < -0.3 is 14.2 Å². The largest absolute Gasteiger partial charge is 0.384 e. The highest BCUT2D eigenvalue weighted by Crippen LogP contribution is 2.45. The number of methoxy groups -OCH3 is 1. The maximum atomic E-state index is 13.0. The molecule has 5 heteroatoms. The Morgan fingerprint density at radius 3 is 2.75 bits per heavy atom. The fraction of sp³-hybridized carbons (Fsp3) is 0.733. The molecule has 1 aromatic rings. The number of nitrogens with zero attached hydrogens (tertiary/aromatic N) is 3. The Labute approximate surface area is 119 Å². The average molecular weight is 277 g/mol. The van der Waals surface area contributed by atoms with Gasteiger partial charge in [-0.3, -0.25) is 4.79 Å². The SMILES string of the molecule is COCC1(C(=O)N(Cc2nccn2C)C2CC2)CCC1. The van der Waals surface area contributed by atoms with E-state index in [9.17, 15) is 4.79 Å². The molecule has 20 heavy (non-hydrogen) atoms. The lowest BCUT2D eigenvalue weighted by Gasteiger charge is -2.43. The van der Waals surface area contributed by atoms with Crippen LogP contribution in [0.2, 0.25) is 0 Å². The quantitative estimate of drug-likeness (QED) is 0.795. The normalized spacial score (nSPS) is 20.5. The van der Waals surface area contributed by atoms with Gasteiger partial charge in [-0.2, -0.15) is 0 Å². The molecule has 0 unspecified atom stereocenters. The third-order valence-electron chi connectivity index (χ3n) is 4.67. The van der Waals surface area contributed by atoms with Gasteiger partial charge in [-0.15, -0.1) is 0 Å². The van der Waals surface area contributed by atoms with Crippen molar-refractivity contribution in [3.63, 3.8) is 0 Å². The van der Waals surface area contributed by atoms with Crippen LogP contribution >= 0.6 is 0 Å². The fourth-order valence-electron chi connectivity index (χ4n) is 3.06. The topological polar surface area (TPSA) is 47.4 Å². The van der Waals surface area contributed by atoms with Crippen molar-refractivity contribution in [1.82, 2.24) is 14.5 Å². The van der Waals surface area contributed by atoms with Crippen molar-refractivity contribution >= 4 is 5.91 Å². The molecule has 1 aromatic heterocycles. The number of hydrogen-bond acceptors (Lipinski definition) is 3. The van der Waals surface area contributed by atoms with E-state index in [1.54, 1.807) is 13.3 Å². The molecule has 0 aromatic carbocycles. The number of amides is 1. The summed E-state index contributed by atoms with van der Waals surface area (Å²) in [5.74, 6) is 1.23. The number of rotatable bonds is 6. The molecule has 0 bridgehead atoms. The Kier molecular flexibility index (Phi) is 3.54. The van der Waals surface area contributed by atoms with Gasteiger partial charge in [-0.25, -0.2) is 4.98 Å². The van der Waals surface area contributed by atoms with Crippen LogP contribution in [0.1, 0.15) is 37.9 Å². The Hall–Kier alpha value is -1.36. The molecule has 5 nitrogen and oxygen atoms in total. The highest BCUT2D eigenvalue weighted by molar-refractivity contribution is 5.84. The van der Waals surface area contributed by atoms with Gasteiger partial charge in [0.1, 0.15) is 5.82 Å². The average Bonchev–Trinajstić information content (AvgIpc) is 3.14. The second-order valence-electron chi connectivity index (χ2n) is 6.19. The van der Waals surface area contributed by atoms with Crippen LogP contribution in [0.3, 0.4) is 0 Å². The van der Waals surface area contributed by atoms with Gasteiger partial charge in [0.2, 0.25) is 5.91 Å². The number of aryl methyl sites for hydroxylation is 1. The van der Waals surface area contributed by atoms with Gasteiger partial charge in [0.05, 0.1) is 18.6 Å². The van der Waals surface area contributed by atoms with Gasteiger partial charge in [-0.1, -0.05) is 6.42 Å². The van der Waals surface area contributed by atoms with Crippen molar-refractivity contribution < 1.29 is 9.53 Å². The first-order valence-corrected chi connectivity index (χ1v) is 7.42. The van der Waals surface area contributed by atoms with Crippen molar-refractivity contribution in [3.8, 4) is 0 Å². The summed E-state index contributed by atoms with van der Waals surface area (Å²) >= 11 is 0. The predicted octanol–water partition coefficient (Wildman–Crippen LogP) is 1.73. The predicted molar refractivity (Wildman–Crippen MR) is 74.9 cm³/mol. The second-order valence-corrected chi connectivity index (χ2v) is 6.19. The Bertz CT molecular complexity index is 489. The number of carbonyl (C=O) groups excluding carboxylic acids is 1. The molecule has 1 amide bonds. The molecular formula is C15H23N3O2. The van der Waals surface area contributed by atoms with Gasteiger partial charge in [-0.05, 0) is 25.7 Å². The molecule has 3 rings (SSSR count). The Morgan fingerprint density at radius 2 is 2.30 bits per heavy atom. The number of aromatic nitrogens is 2. The van der Waals surface area contributed by atoms with E-state index in [-0.39, 0.29) is 11.3 Å². The number of ether oxygens (including phenoxy) is 1. The summed E-state index contributed by atoms with van der Waals surface area (Å²) < 4.78 is 7.30. The van der Waals surface area contributed by atoms with E-state index >= 15 is 0 Å². The summed E-state index contributed by atoms with van der Waals surface area (Å²) in [5.41, 5.74) is -0.261. The van der Waals surface area contributed by atoms with Crippen LogP contribution < -0.4 is 0 Å². The van der Waals surface area contributed by atoms with E-state index in [1.807, 2.05) is 22.7 Å². The molecule has 0 aliphatic heterocycles. The highest BCUT2D eigenvalue weighted by atomic mass is 16.5. The molecular weight excluding hydrogens is 254 g/mol. The zero-order valence-corrected chi connectivity index (χ0v) is 12.3. The first kappa shape index (κ1) is 13.6. The smallest absolute Gasteiger partial charge is 0.231 e. The molecule has 110 valence electrons.